The molecule has 0 unspecified atom stereocenters. The predicted molar refractivity (Wildman–Crippen MR) is 136 cm³/mol. The molecule has 1 saturated carbocycles. The molecule has 0 saturated heterocycles. The van der Waals surface area contributed by atoms with Gasteiger partial charge in [0.1, 0.15) is 5.82 Å². The molecule has 3 aromatic carbocycles. The number of allylic oxidation sites excluding steroid dienone is 1. The minimum atomic E-state index is -1.11. The van der Waals surface area contributed by atoms with E-state index in [1.54, 1.807) is 24.3 Å². The Morgan fingerprint density at radius 2 is 1.50 bits per heavy atom. The molecule has 1 fully saturated rings. The summed E-state index contributed by atoms with van der Waals surface area (Å²) in [6.45, 7) is 5.90. The summed E-state index contributed by atoms with van der Waals surface area (Å²) in [5.74, 6) is -1.05. The molecule has 0 atom stereocenters. The minimum absolute atomic E-state index is 0.250. The summed E-state index contributed by atoms with van der Waals surface area (Å²) in [5.41, 5.74) is 2.47. The fourth-order valence-electron chi connectivity index (χ4n) is 5.54. The zero-order valence-electron chi connectivity index (χ0n) is 20.2. The van der Waals surface area contributed by atoms with Crippen LogP contribution in [0.15, 0.2) is 55.1 Å². The molecule has 3 heteroatoms. The molecule has 0 bridgehead atoms. The summed E-state index contributed by atoms with van der Waals surface area (Å²) < 4.78 is 44.7. The van der Waals surface area contributed by atoms with Crippen LogP contribution in [-0.4, -0.2) is 0 Å². The van der Waals surface area contributed by atoms with Crippen molar-refractivity contribution < 1.29 is 13.2 Å². The van der Waals surface area contributed by atoms with Gasteiger partial charge in [0.05, 0.1) is 5.39 Å². The molecular formula is C31H35F3. The average molecular weight is 465 g/mol. The molecule has 0 heterocycles. The van der Waals surface area contributed by atoms with Crippen LogP contribution in [0.5, 0.6) is 0 Å². The second kappa shape index (κ2) is 11.3. The minimum Gasteiger partial charge on any atom is -0.206 e. The third kappa shape index (κ3) is 5.40. The second-order valence-corrected chi connectivity index (χ2v) is 9.93. The number of halogens is 3. The molecule has 4 rings (SSSR count). The van der Waals surface area contributed by atoms with Gasteiger partial charge < -0.3 is 0 Å². The van der Waals surface area contributed by atoms with Gasteiger partial charge in [-0.2, -0.15) is 0 Å². The van der Waals surface area contributed by atoms with Crippen molar-refractivity contribution in [3.63, 3.8) is 0 Å². The zero-order valence-corrected chi connectivity index (χ0v) is 20.2. The Kier molecular flexibility index (Phi) is 8.13. The van der Waals surface area contributed by atoms with Gasteiger partial charge in [-0.3, -0.25) is 0 Å². The maximum absolute atomic E-state index is 15.3. The molecule has 34 heavy (non-hydrogen) atoms. The van der Waals surface area contributed by atoms with Crippen LogP contribution in [0.2, 0.25) is 0 Å². The molecule has 0 amide bonds. The topological polar surface area (TPSA) is 0 Å². The third-order valence-corrected chi connectivity index (χ3v) is 7.59. The fraction of sp³-hybridized carbons (Fsp3) is 0.419. The fourth-order valence-corrected chi connectivity index (χ4v) is 5.54. The van der Waals surface area contributed by atoms with Crippen LogP contribution in [0.4, 0.5) is 13.2 Å². The molecule has 0 spiro atoms. The van der Waals surface area contributed by atoms with Crippen LogP contribution in [0.3, 0.4) is 0 Å². The lowest BCUT2D eigenvalue weighted by molar-refractivity contribution is 0.252. The van der Waals surface area contributed by atoms with Gasteiger partial charge in [-0.05, 0) is 65.7 Å². The molecule has 1 aliphatic rings. The zero-order chi connectivity index (χ0) is 24.1. The van der Waals surface area contributed by atoms with E-state index in [1.807, 2.05) is 24.3 Å². The van der Waals surface area contributed by atoms with Gasteiger partial charge in [-0.1, -0.05) is 87.9 Å². The molecule has 0 N–H and O–H groups in total. The number of rotatable bonds is 9. The van der Waals surface area contributed by atoms with Gasteiger partial charge >= 0.3 is 0 Å². The van der Waals surface area contributed by atoms with Gasteiger partial charge in [0, 0.05) is 5.56 Å². The van der Waals surface area contributed by atoms with Crippen LogP contribution in [-0.2, 0) is 12.8 Å². The maximum atomic E-state index is 15.3. The van der Waals surface area contributed by atoms with Crippen molar-refractivity contribution in [1.29, 1.82) is 0 Å². The number of hydrogen-bond acceptors (Lipinski definition) is 0. The highest BCUT2D eigenvalue weighted by atomic mass is 19.2. The lowest BCUT2D eigenvalue weighted by Crippen LogP contribution is -2.15. The Balaban J connectivity index is 1.47. The molecule has 3 aromatic rings. The Morgan fingerprint density at radius 3 is 2.15 bits per heavy atom. The van der Waals surface area contributed by atoms with E-state index in [9.17, 15) is 8.78 Å². The number of aryl methyl sites for hydroxylation is 2. The van der Waals surface area contributed by atoms with Crippen LogP contribution in [0.25, 0.3) is 21.9 Å². The summed E-state index contributed by atoms with van der Waals surface area (Å²) in [4.78, 5) is 0. The molecule has 0 radical (unpaired) electrons. The largest absolute Gasteiger partial charge is 0.206 e. The second-order valence-electron chi connectivity index (χ2n) is 9.93. The van der Waals surface area contributed by atoms with Crippen LogP contribution in [0.1, 0.15) is 69.4 Å². The Labute approximate surface area is 201 Å². The monoisotopic (exact) mass is 464 g/mol. The first-order valence-corrected chi connectivity index (χ1v) is 12.8. The first-order chi connectivity index (χ1) is 16.5. The van der Waals surface area contributed by atoms with Gasteiger partial charge in [0.2, 0.25) is 0 Å². The van der Waals surface area contributed by atoms with Crippen LogP contribution in [0, 0.1) is 29.3 Å². The number of benzene rings is 3. The van der Waals surface area contributed by atoms with Gasteiger partial charge in [-0.25, -0.2) is 13.2 Å². The Bertz CT molecular complexity index is 1120. The average Bonchev–Trinajstić information content (AvgIpc) is 2.85. The molecular weight excluding hydrogens is 429 g/mol. The molecule has 0 aromatic heterocycles. The Hall–Kier alpha value is -2.55. The van der Waals surface area contributed by atoms with E-state index in [4.69, 9.17) is 0 Å². The predicted octanol–water partition coefficient (Wildman–Crippen LogP) is 9.58. The molecule has 0 aliphatic heterocycles. The van der Waals surface area contributed by atoms with Gasteiger partial charge in [0.15, 0.2) is 11.6 Å². The van der Waals surface area contributed by atoms with Crippen molar-refractivity contribution in [2.24, 2.45) is 11.8 Å². The highest BCUT2D eigenvalue weighted by Crippen LogP contribution is 2.35. The summed E-state index contributed by atoms with van der Waals surface area (Å²) in [7, 11) is 0. The lowest BCUT2D eigenvalue weighted by Gasteiger charge is -2.28. The number of fused-ring (bicyclic) bond motifs is 1. The van der Waals surface area contributed by atoms with Crippen molar-refractivity contribution in [2.45, 2.75) is 71.1 Å². The molecule has 0 nitrogen and oxygen atoms in total. The van der Waals surface area contributed by atoms with E-state index in [0.29, 0.717) is 29.4 Å². The van der Waals surface area contributed by atoms with Crippen LogP contribution >= 0.6 is 0 Å². The van der Waals surface area contributed by atoms with Gasteiger partial charge in [-0.15, -0.1) is 6.58 Å². The van der Waals surface area contributed by atoms with Gasteiger partial charge in [0.25, 0.3) is 0 Å². The quantitative estimate of drug-likeness (QED) is 0.277. The summed E-state index contributed by atoms with van der Waals surface area (Å²) in [6, 6.07) is 12.7. The van der Waals surface area contributed by atoms with E-state index in [0.717, 1.165) is 18.3 Å². The maximum Gasteiger partial charge on any atom is 0.169 e. The molecule has 180 valence electrons. The summed E-state index contributed by atoms with van der Waals surface area (Å²) in [6.07, 6.45) is 12.8. The standard InChI is InChI=1S/C31H35F3/c1-3-5-7-26-20-25-18-19-27(30(33)28(25)31(34)29(26)32)24-16-14-23(15-17-24)13-12-22-10-8-21(6-4-2)9-11-22/h3,14-22H,1,4-13H2,2H3. The van der Waals surface area contributed by atoms with E-state index in [-0.39, 0.29) is 10.9 Å². The highest BCUT2D eigenvalue weighted by molar-refractivity contribution is 5.89. The van der Waals surface area contributed by atoms with E-state index >= 15 is 4.39 Å². The van der Waals surface area contributed by atoms with E-state index < -0.39 is 17.5 Å². The van der Waals surface area contributed by atoms with Crippen molar-refractivity contribution in [3.05, 3.63) is 83.7 Å². The summed E-state index contributed by atoms with van der Waals surface area (Å²) in [5, 5.41) is 0.101. The van der Waals surface area contributed by atoms with E-state index in [2.05, 4.69) is 13.5 Å². The van der Waals surface area contributed by atoms with Crippen molar-refractivity contribution in [1.82, 2.24) is 0 Å². The SMILES string of the molecule is C=CCCc1cc2ccc(-c3ccc(CCC4CCC(CCC)CC4)cc3)c(F)c2c(F)c1F. The smallest absolute Gasteiger partial charge is 0.169 e. The highest BCUT2D eigenvalue weighted by Gasteiger charge is 2.21. The number of hydrogen-bond donors (Lipinski definition) is 0. The Morgan fingerprint density at radius 1 is 0.824 bits per heavy atom. The third-order valence-electron chi connectivity index (χ3n) is 7.59. The molecule has 1 aliphatic carbocycles. The first kappa shape index (κ1) is 24.6. The summed E-state index contributed by atoms with van der Waals surface area (Å²) >= 11 is 0. The van der Waals surface area contributed by atoms with Crippen molar-refractivity contribution in [2.75, 3.05) is 0 Å². The first-order valence-electron chi connectivity index (χ1n) is 12.8. The van der Waals surface area contributed by atoms with E-state index in [1.165, 1.54) is 50.5 Å². The normalized spacial score (nSPS) is 18.4. The van der Waals surface area contributed by atoms with Crippen molar-refractivity contribution >= 4 is 10.8 Å². The van der Waals surface area contributed by atoms with Crippen molar-refractivity contribution in [3.8, 4) is 11.1 Å². The lowest BCUT2D eigenvalue weighted by atomic mass is 9.78. The van der Waals surface area contributed by atoms with Crippen LogP contribution < -0.4 is 0 Å².